The Morgan fingerprint density at radius 2 is 2.23 bits per heavy atom. The number of hydrogen-bond acceptors (Lipinski definition) is 3. The summed E-state index contributed by atoms with van der Waals surface area (Å²) < 4.78 is 0. The second-order valence-electron chi connectivity index (χ2n) is 7.14. The lowest BCUT2D eigenvalue weighted by Crippen LogP contribution is -2.55. The minimum Gasteiger partial charge on any atom is -0.465 e. The van der Waals surface area contributed by atoms with Gasteiger partial charge in [-0.05, 0) is 36.8 Å². The highest BCUT2D eigenvalue weighted by Gasteiger charge is 2.47. The molecule has 0 aromatic carbocycles. The van der Waals surface area contributed by atoms with Crippen molar-refractivity contribution in [2.24, 2.45) is 5.41 Å². The van der Waals surface area contributed by atoms with E-state index in [1.54, 1.807) is 6.20 Å². The number of nitriles is 1. The van der Waals surface area contributed by atoms with Gasteiger partial charge in [-0.3, -0.25) is 4.98 Å². The van der Waals surface area contributed by atoms with Gasteiger partial charge in [-0.25, -0.2) is 4.79 Å². The summed E-state index contributed by atoms with van der Waals surface area (Å²) in [4.78, 5) is 17.3. The summed E-state index contributed by atoms with van der Waals surface area (Å²) >= 11 is 0. The van der Waals surface area contributed by atoms with E-state index in [-0.39, 0.29) is 11.5 Å². The summed E-state index contributed by atoms with van der Waals surface area (Å²) in [5.74, 6) is 0. The second-order valence-corrected chi connectivity index (χ2v) is 7.14. The van der Waals surface area contributed by atoms with Gasteiger partial charge in [0.1, 0.15) is 0 Å². The number of carboxylic acid groups (broad SMARTS) is 1. The molecule has 1 fully saturated rings. The summed E-state index contributed by atoms with van der Waals surface area (Å²) in [5, 5.41) is 19.4. The highest BCUT2D eigenvalue weighted by atomic mass is 16.4. The molecule has 118 valence electrons. The van der Waals surface area contributed by atoms with Gasteiger partial charge in [0, 0.05) is 24.5 Å². The molecule has 1 saturated heterocycles. The number of hydrogen-bond donors (Lipinski definition) is 1. The standard InChI is InChI=1S/C17H23N3O2/c1-12-13(6-5-8-19-12)17(11-18)7-9-20(15(21)22)14(10-17)16(2,3)4/h5-6,8,14H,7,9-10H2,1-4H3,(H,21,22). The number of carbonyl (C=O) groups is 1. The average Bonchev–Trinajstić information content (AvgIpc) is 2.46. The van der Waals surface area contributed by atoms with Crippen molar-refractivity contribution in [2.75, 3.05) is 6.54 Å². The monoisotopic (exact) mass is 301 g/mol. The molecule has 5 heteroatoms. The van der Waals surface area contributed by atoms with E-state index >= 15 is 0 Å². The molecular formula is C17H23N3O2. The van der Waals surface area contributed by atoms with Crippen molar-refractivity contribution in [3.63, 3.8) is 0 Å². The molecule has 0 radical (unpaired) electrons. The first-order valence-electron chi connectivity index (χ1n) is 7.54. The van der Waals surface area contributed by atoms with Crippen LogP contribution in [0, 0.1) is 23.7 Å². The molecular weight excluding hydrogens is 278 g/mol. The molecule has 1 N–H and O–H groups in total. The van der Waals surface area contributed by atoms with Gasteiger partial charge in [0.25, 0.3) is 0 Å². The quantitative estimate of drug-likeness (QED) is 0.863. The van der Waals surface area contributed by atoms with Crippen LogP contribution in [0.4, 0.5) is 4.79 Å². The summed E-state index contributed by atoms with van der Waals surface area (Å²) in [7, 11) is 0. The molecule has 2 atom stereocenters. The van der Waals surface area contributed by atoms with Crippen LogP contribution < -0.4 is 0 Å². The van der Waals surface area contributed by atoms with E-state index < -0.39 is 11.5 Å². The molecule has 5 nitrogen and oxygen atoms in total. The van der Waals surface area contributed by atoms with Crippen molar-refractivity contribution in [3.05, 3.63) is 29.6 Å². The largest absolute Gasteiger partial charge is 0.465 e. The summed E-state index contributed by atoms with van der Waals surface area (Å²) in [5.41, 5.74) is 0.886. The molecule has 0 saturated carbocycles. The lowest BCUT2D eigenvalue weighted by Gasteiger charge is -2.47. The van der Waals surface area contributed by atoms with Crippen LogP contribution >= 0.6 is 0 Å². The molecule has 1 aliphatic rings. The Morgan fingerprint density at radius 3 is 2.73 bits per heavy atom. The van der Waals surface area contributed by atoms with E-state index in [4.69, 9.17) is 0 Å². The number of aryl methyl sites for hydroxylation is 1. The first kappa shape index (κ1) is 16.3. The maximum absolute atomic E-state index is 11.5. The van der Waals surface area contributed by atoms with Crippen LogP contribution in [0.25, 0.3) is 0 Å². The lowest BCUT2D eigenvalue weighted by molar-refractivity contribution is 0.0411. The Bertz CT molecular complexity index is 615. The van der Waals surface area contributed by atoms with Gasteiger partial charge in [0.15, 0.2) is 0 Å². The second kappa shape index (κ2) is 5.60. The average molecular weight is 301 g/mol. The fourth-order valence-corrected chi connectivity index (χ4v) is 3.41. The smallest absolute Gasteiger partial charge is 0.407 e. The molecule has 0 bridgehead atoms. The zero-order valence-corrected chi connectivity index (χ0v) is 13.6. The number of nitrogens with zero attached hydrogens (tertiary/aromatic N) is 3. The van der Waals surface area contributed by atoms with Crippen LogP contribution in [0.2, 0.25) is 0 Å². The fraction of sp³-hybridized carbons (Fsp3) is 0.588. The number of pyridine rings is 1. The van der Waals surface area contributed by atoms with Crippen LogP contribution in [0.3, 0.4) is 0 Å². The van der Waals surface area contributed by atoms with Crippen molar-refractivity contribution in [1.82, 2.24) is 9.88 Å². The Morgan fingerprint density at radius 1 is 1.55 bits per heavy atom. The molecule has 2 rings (SSSR count). The van der Waals surface area contributed by atoms with Crippen LogP contribution in [-0.2, 0) is 5.41 Å². The highest BCUT2D eigenvalue weighted by molar-refractivity contribution is 5.66. The number of likely N-dealkylation sites (tertiary alicyclic amines) is 1. The first-order valence-corrected chi connectivity index (χ1v) is 7.54. The fourth-order valence-electron chi connectivity index (χ4n) is 3.41. The Labute approximate surface area is 131 Å². The van der Waals surface area contributed by atoms with Gasteiger partial charge in [0.2, 0.25) is 0 Å². The number of rotatable bonds is 1. The van der Waals surface area contributed by atoms with E-state index in [2.05, 4.69) is 11.1 Å². The molecule has 0 aliphatic carbocycles. The van der Waals surface area contributed by atoms with Crippen molar-refractivity contribution in [1.29, 1.82) is 5.26 Å². The Balaban J connectivity index is 2.47. The van der Waals surface area contributed by atoms with Gasteiger partial charge in [0.05, 0.1) is 11.5 Å². The Kier molecular flexibility index (Phi) is 4.15. The van der Waals surface area contributed by atoms with Crippen LogP contribution in [0.1, 0.15) is 44.9 Å². The third-order valence-corrected chi connectivity index (χ3v) is 4.68. The van der Waals surface area contributed by atoms with Gasteiger partial charge in [-0.15, -0.1) is 0 Å². The summed E-state index contributed by atoms with van der Waals surface area (Å²) in [6, 6.07) is 6.07. The van der Waals surface area contributed by atoms with Gasteiger partial charge in [-0.1, -0.05) is 26.8 Å². The predicted octanol–water partition coefficient (Wildman–Crippen LogP) is 3.34. The van der Waals surface area contributed by atoms with E-state index in [9.17, 15) is 15.2 Å². The van der Waals surface area contributed by atoms with Gasteiger partial charge < -0.3 is 10.0 Å². The molecule has 1 aromatic heterocycles. The molecule has 1 aliphatic heterocycles. The van der Waals surface area contributed by atoms with E-state index in [1.165, 1.54) is 4.90 Å². The minimum absolute atomic E-state index is 0.196. The third kappa shape index (κ3) is 2.78. The molecule has 2 unspecified atom stereocenters. The lowest BCUT2D eigenvalue weighted by atomic mass is 9.66. The first-order chi connectivity index (χ1) is 10.2. The predicted molar refractivity (Wildman–Crippen MR) is 83.5 cm³/mol. The molecule has 0 spiro atoms. The SMILES string of the molecule is Cc1ncccc1C1(C#N)CCN(C(=O)O)C(C(C)(C)C)C1. The number of amides is 1. The molecule has 1 aromatic rings. The third-order valence-electron chi connectivity index (χ3n) is 4.68. The Hall–Kier alpha value is -2.09. The normalized spacial score (nSPS) is 25.6. The summed E-state index contributed by atoms with van der Waals surface area (Å²) in [6.07, 6.45) is 1.83. The van der Waals surface area contributed by atoms with E-state index in [1.807, 2.05) is 39.8 Å². The number of piperidine rings is 1. The van der Waals surface area contributed by atoms with E-state index in [0.717, 1.165) is 11.3 Å². The number of aromatic nitrogens is 1. The van der Waals surface area contributed by atoms with Crippen LogP contribution in [-0.4, -0.2) is 33.7 Å². The van der Waals surface area contributed by atoms with Crippen molar-refractivity contribution >= 4 is 6.09 Å². The van der Waals surface area contributed by atoms with Gasteiger partial charge >= 0.3 is 6.09 Å². The van der Waals surface area contributed by atoms with Crippen molar-refractivity contribution in [2.45, 2.75) is 52.0 Å². The minimum atomic E-state index is -0.908. The maximum Gasteiger partial charge on any atom is 0.407 e. The maximum atomic E-state index is 11.5. The molecule has 1 amide bonds. The van der Waals surface area contributed by atoms with E-state index in [0.29, 0.717) is 19.4 Å². The van der Waals surface area contributed by atoms with Crippen molar-refractivity contribution in [3.8, 4) is 6.07 Å². The topological polar surface area (TPSA) is 77.2 Å². The van der Waals surface area contributed by atoms with Crippen LogP contribution in [0.15, 0.2) is 18.3 Å². The van der Waals surface area contributed by atoms with Crippen LogP contribution in [0.5, 0.6) is 0 Å². The zero-order valence-electron chi connectivity index (χ0n) is 13.6. The summed E-state index contributed by atoms with van der Waals surface area (Å²) in [6.45, 7) is 8.36. The zero-order chi connectivity index (χ0) is 16.5. The van der Waals surface area contributed by atoms with Crippen molar-refractivity contribution < 1.29 is 9.90 Å². The molecule has 22 heavy (non-hydrogen) atoms. The van der Waals surface area contributed by atoms with Gasteiger partial charge in [-0.2, -0.15) is 5.26 Å². The molecule has 2 heterocycles. The highest BCUT2D eigenvalue weighted by Crippen LogP contribution is 2.43.